The van der Waals surface area contributed by atoms with Gasteiger partial charge in [-0.05, 0) is 5.22 Å². The van der Waals surface area contributed by atoms with Crippen LogP contribution in [0.4, 0.5) is 4.79 Å². The summed E-state index contributed by atoms with van der Waals surface area (Å²) in [7, 11) is 0. The van der Waals surface area contributed by atoms with Gasteiger partial charge in [0.1, 0.15) is 0 Å². The van der Waals surface area contributed by atoms with Crippen molar-refractivity contribution in [1.29, 1.82) is 0 Å². The summed E-state index contributed by atoms with van der Waals surface area (Å²) in [5.74, 6) is -0.342. The van der Waals surface area contributed by atoms with Crippen molar-refractivity contribution in [3.63, 3.8) is 0 Å². The molecule has 0 radical (unpaired) electrons. The molecule has 0 saturated carbocycles. The molecule has 1 unspecified atom stereocenters. The fraction of sp³-hybridized carbons (Fsp3) is 0.200. The minimum Gasteiger partial charge on any atom is -0.268 e. The van der Waals surface area contributed by atoms with E-state index in [9.17, 15) is 9.59 Å². The van der Waals surface area contributed by atoms with Gasteiger partial charge in [-0.2, -0.15) is 0 Å². The maximum atomic E-state index is 11.2. The Balaban J connectivity index is 2.37. The molecule has 2 aliphatic heterocycles. The number of carbonyl (C=O) groups is 2. The molecule has 2 rings (SSSR count). The second-order valence-electron chi connectivity index (χ2n) is 2.47. The summed E-state index contributed by atoms with van der Waals surface area (Å²) >= 11 is 0. The van der Waals surface area contributed by atoms with Crippen molar-refractivity contribution in [2.24, 2.45) is 10.4 Å². The van der Waals surface area contributed by atoms with E-state index in [0.717, 1.165) is 0 Å². The zero-order valence-electron chi connectivity index (χ0n) is 6.02. The van der Waals surface area contributed by atoms with Gasteiger partial charge in [0.05, 0.1) is 11.4 Å². The number of carbonyl (C=O) groups excluding carboxylic acids is 2. The Bertz CT molecular complexity index is 295. The quantitative estimate of drug-likeness (QED) is 0.374. The second-order valence-corrected chi connectivity index (χ2v) is 2.47. The van der Waals surface area contributed by atoms with Gasteiger partial charge in [0.15, 0.2) is 12.7 Å². The molecule has 1 atom stereocenters. The lowest BCUT2D eigenvalue weighted by molar-refractivity contribution is -0.798. The predicted octanol–water partition coefficient (Wildman–Crippen LogP) is -0.590. The van der Waals surface area contributed by atoms with Crippen LogP contribution >= 0.6 is 0 Å². The van der Waals surface area contributed by atoms with E-state index in [0.29, 0.717) is 0 Å². The monoisotopic (exact) mass is 168 g/mol. The van der Waals surface area contributed by atoms with E-state index < -0.39 is 10.6 Å². The molecule has 2 aliphatic rings. The lowest BCUT2D eigenvalue weighted by atomic mass is 10.6. The Hall–Kier alpha value is -1.76. The molecule has 1 spiro atoms. The first-order valence-corrected chi connectivity index (χ1v) is 3.31. The number of urea groups is 1. The molecule has 2 N–H and O–H groups in total. The number of amides is 3. The first-order chi connectivity index (χ1) is 5.73. The zero-order valence-corrected chi connectivity index (χ0v) is 6.02. The van der Waals surface area contributed by atoms with Crippen molar-refractivity contribution >= 4 is 11.9 Å². The summed E-state index contributed by atoms with van der Waals surface area (Å²) in [5.41, 5.74) is 2.44. The van der Waals surface area contributed by atoms with Crippen LogP contribution in [0.15, 0.2) is 22.8 Å². The van der Waals surface area contributed by atoms with Crippen molar-refractivity contribution in [3.8, 4) is 0 Å². The molecule has 0 aromatic carbocycles. The van der Waals surface area contributed by atoms with Crippen molar-refractivity contribution < 1.29 is 14.2 Å². The Morgan fingerprint density at radius 3 is 2.83 bits per heavy atom. The molecular formula is C5H6N5O2+. The van der Waals surface area contributed by atoms with Crippen LogP contribution in [-0.2, 0) is 4.79 Å². The number of rotatable bonds is 0. The molecule has 0 aliphatic carbocycles. The van der Waals surface area contributed by atoms with Crippen LogP contribution in [-0.4, -0.2) is 23.1 Å². The van der Waals surface area contributed by atoms with E-state index in [1.165, 1.54) is 12.4 Å². The summed E-state index contributed by atoms with van der Waals surface area (Å²) in [6, 6.07) is -0.471. The van der Waals surface area contributed by atoms with Gasteiger partial charge in [-0.15, -0.1) is 0 Å². The van der Waals surface area contributed by atoms with Crippen molar-refractivity contribution in [2.75, 3.05) is 6.54 Å². The average molecular weight is 168 g/mol. The molecule has 0 aromatic rings. The van der Waals surface area contributed by atoms with Crippen LogP contribution in [0.5, 0.6) is 0 Å². The summed E-state index contributed by atoms with van der Waals surface area (Å²) < 4.78 is -0.411. The minimum atomic E-state index is -0.471. The highest BCUT2D eigenvalue weighted by Gasteiger charge is 2.48. The number of nitrogens with one attached hydrogen (secondary N) is 2. The summed E-state index contributed by atoms with van der Waals surface area (Å²) in [6.07, 6.45) is 2.93. The highest BCUT2D eigenvalue weighted by molar-refractivity contribution is 5.97. The van der Waals surface area contributed by atoms with Crippen LogP contribution in [0.25, 0.3) is 0 Å². The molecule has 0 aromatic heterocycles. The zero-order chi connectivity index (χ0) is 8.60. The molecule has 7 heteroatoms. The summed E-state index contributed by atoms with van der Waals surface area (Å²) in [4.78, 5) is 22.0. The van der Waals surface area contributed by atoms with Gasteiger partial charge in [-0.25, -0.2) is 10.1 Å². The SMILES string of the molecule is O=C1C[N+]2(C=CNN=N2)C(=O)N1. The normalized spacial score (nSPS) is 32.3. The largest absolute Gasteiger partial charge is 0.456 e. The highest BCUT2D eigenvalue weighted by atomic mass is 16.2. The van der Waals surface area contributed by atoms with E-state index in [1.807, 2.05) is 0 Å². The minimum absolute atomic E-state index is 0.0134. The number of hydrogen-bond acceptors (Lipinski definition) is 5. The van der Waals surface area contributed by atoms with Crippen molar-refractivity contribution in [3.05, 3.63) is 12.4 Å². The lowest BCUT2D eigenvalue weighted by Crippen LogP contribution is -2.41. The molecule has 2 heterocycles. The van der Waals surface area contributed by atoms with Crippen molar-refractivity contribution in [2.45, 2.75) is 0 Å². The van der Waals surface area contributed by atoms with Crippen LogP contribution in [0.3, 0.4) is 0 Å². The lowest BCUT2D eigenvalue weighted by Gasteiger charge is -2.15. The van der Waals surface area contributed by atoms with Crippen LogP contribution in [0.1, 0.15) is 0 Å². The molecule has 0 bridgehead atoms. The third kappa shape index (κ3) is 0.800. The molecule has 62 valence electrons. The van der Waals surface area contributed by atoms with Gasteiger partial charge in [-0.3, -0.25) is 10.2 Å². The van der Waals surface area contributed by atoms with Gasteiger partial charge in [0.2, 0.25) is 0 Å². The third-order valence-electron chi connectivity index (χ3n) is 1.64. The van der Waals surface area contributed by atoms with Crippen LogP contribution in [0, 0.1) is 0 Å². The second kappa shape index (κ2) is 2.11. The van der Waals surface area contributed by atoms with Crippen molar-refractivity contribution in [1.82, 2.24) is 10.7 Å². The topological polar surface area (TPSA) is 82.9 Å². The maximum absolute atomic E-state index is 11.2. The van der Waals surface area contributed by atoms with Crippen LogP contribution in [0.2, 0.25) is 0 Å². The van der Waals surface area contributed by atoms with E-state index in [1.54, 1.807) is 0 Å². The van der Waals surface area contributed by atoms with E-state index in [4.69, 9.17) is 0 Å². The molecule has 1 saturated heterocycles. The smallest absolute Gasteiger partial charge is 0.268 e. The molecule has 3 amide bonds. The van der Waals surface area contributed by atoms with E-state index in [-0.39, 0.29) is 12.5 Å². The third-order valence-corrected chi connectivity index (χ3v) is 1.64. The summed E-state index contributed by atoms with van der Waals surface area (Å²) in [5, 5.41) is 9.21. The first-order valence-electron chi connectivity index (χ1n) is 3.31. The van der Waals surface area contributed by atoms with E-state index >= 15 is 0 Å². The highest BCUT2D eigenvalue weighted by Crippen LogP contribution is 2.17. The van der Waals surface area contributed by atoms with Gasteiger partial charge < -0.3 is 0 Å². The van der Waals surface area contributed by atoms with Gasteiger partial charge >= 0.3 is 6.03 Å². The fourth-order valence-electron chi connectivity index (χ4n) is 1.06. The Kier molecular flexibility index (Phi) is 1.22. The number of imide groups is 1. The molecule has 1 fully saturated rings. The Labute approximate surface area is 67.3 Å². The number of quaternary nitrogens is 1. The Morgan fingerprint density at radius 1 is 1.50 bits per heavy atom. The first kappa shape index (κ1) is 6.92. The molecule has 7 nitrogen and oxygen atoms in total. The fourth-order valence-corrected chi connectivity index (χ4v) is 1.06. The predicted molar refractivity (Wildman–Crippen MR) is 35.8 cm³/mol. The van der Waals surface area contributed by atoms with E-state index in [2.05, 4.69) is 21.2 Å². The number of nitrogens with zero attached hydrogens (tertiary/aromatic N) is 3. The molecule has 12 heavy (non-hydrogen) atoms. The summed E-state index contributed by atoms with van der Waals surface area (Å²) in [6.45, 7) is -0.0134. The molecular weight excluding hydrogens is 162 g/mol. The Morgan fingerprint density at radius 2 is 2.33 bits per heavy atom. The maximum Gasteiger partial charge on any atom is 0.456 e. The standard InChI is InChI=1S/C5H5N5O2/c11-4-3-10(5(12)7-4)2-1-6-8-9-10/h1-2H,3H2,(H-,6,7,9,11,12)/p+1. The van der Waals surface area contributed by atoms with Gasteiger partial charge in [0, 0.05) is 0 Å². The van der Waals surface area contributed by atoms with Crippen LogP contribution < -0.4 is 10.7 Å². The average Bonchev–Trinajstić information content (AvgIpc) is 2.29. The number of hydrogen-bond donors (Lipinski definition) is 2. The van der Waals surface area contributed by atoms with Gasteiger partial charge in [0.25, 0.3) is 5.91 Å². The van der Waals surface area contributed by atoms with Gasteiger partial charge in [-0.1, -0.05) is 4.59 Å².